The van der Waals surface area contributed by atoms with E-state index < -0.39 is 6.10 Å². The van der Waals surface area contributed by atoms with Gasteiger partial charge >= 0.3 is 0 Å². The molecule has 0 amide bonds. The molecule has 0 aliphatic rings. The van der Waals surface area contributed by atoms with Gasteiger partial charge in [0.2, 0.25) is 0 Å². The van der Waals surface area contributed by atoms with E-state index in [2.05, 4.69) is 4.74 Å². The summed E-state index contributed by atoms with van der Waals surface area (Å²) in [4.78, 5) is 20.4. The number of aldehydes is 1. The van der Waals surface area contributed by atoms with E-state index in [0.29, 0.717) is 19.2 Å². The Kier molecular flexibility index (Phi) is 3.70. The Morgan fingerprint density at radius 1 is 1.23 bits per heavy atom. The molecular formula is C10H10O3. The lowest BCUT2D eigenvalue weighted by atomic mass is 10.1. The molecule has 0 bridgehead atoms. The standard InChI is InChI=1S/C10H10O3/c11-7-10(13-8-12)6-9-4-2-1-3-5-9/h1-5,7-8,10H,6H2. The van der Waals surface area contributed by atoms with Crippen LogP contribution >= 0.6 is 0 Å². The van der Waals surface area contributed by atoms with E-state index in [4.69, 9.17) is 0 Å². The van der Waals surface area contributed by atoms with Crippen LogP contribution in [0.2, 0.25) is 0 Å². The highest BCUT2D eigenvalue weighted by molar-refractivity contribution is 5.59. The first kappa shape index (κ1) is 9.45. The molecule has 13 heavy (non-hydrogen) atoms. The number of hydrogen-bond acceptors (Lipinski definition) is 3. The summed E-state index contributed by atoms with van der Waals surface area (Å²) in [6, 6.07) is 9.39. The number of rotatable bonds is 5. The molecule has 1 atom stereocenters. The Morgan fingerprint density at radius 2 is 1.92 bits per heavy atom. The Morgan fingerprint density at radius 3 is 2.46 bits per heavy atom. The molecule has 1 rings (SSSR count). The average Bonchev–Trinajstić information content (AvgIpc) is 2.19. The van der Waals surface area contributed by atoms with Crippen molar-refractivity contribution in [1.29, 1.82) is 0 Å². The summed E-state index contributed by atoms with van der Waals surface area (Å²) in [7, 11) is 0. The maximum atomic E-state index is 10.4. The topological polar surface area (TPSA) is 43.4 Å². The first-order valence-corrected chi connectivity index (χ1v) is 3.95. The molecule has 0 aliphatic carbocycles. The largest absolute Gasteiger partial charge is 0.457 e. The molecule has 0 heterocycles. The number of carbonyl (C=O) groups is 2. The van der Waals surface area contributed by atoms with Gasteiger partial charge in [-0.2, -0.15) is 0 Å². The number of carbonyl (C=O) groups excluding carboxylic acids is 2. The van der Waals surface area contributed by atoms with Crippen LogP contribution in [0.3, 0.4) is 0 Å². The van der Waals surface area contributed by atoms with Crippen LogP contribution in [-0.2, 0) is 20.7 Å². The zero-order chi connectivity index (χ0) is 9.52. The average molecular weight is 178 g/mol. The molecule has 1 aromatic carbocycles. The van der Waals surface area contributed by atoms with Crippen molar-refractivity contribution in [3.05, 3.63) is 35.9 Å². The van der Waals surface area contributed by atoms with Crippen LogP contribution in [0.1, 0.15) is 5.56 Å². The predicted molar refractivity (Wildman–Crippen MR) is 47.1 cm³/mol. The molecule has 0 radical (unpaired) electrons. The molecule has 68 valence electrons. The minimum Gasteiger partial charge on any atom is -0.457 e. The molecule has 3 nitrogen and oxygen atoms in total. The van der Waals surface area contributed by atoms with Crippen molar-refractivity contribution < 1.29 is 14.3 Å². The van der Waals surface area contributed by atoms with Gasteiger partial charge in [0.15, 0.2) is 12.4 Å². The second-order valence-electron chi connectivity index (χ2n) is 2.60. The van der Waals surface area contributed by atoms with E-state index in [-0.39, 0.29) is 0 Å². The Balaban J connectivity index is 2.56. The van der Waals surface area contributed by atoms with Gasteiger partial charge in [-0.05, 0) is 5.56 Å². The highest BCUT2D eigenvalue weighted by Gasteiger charge is 2.07. The zero-order valence-electron chi connectivity index (χ0n) is 7.05. The molecule has 0 aliphatic heterocycles. The van der Waals surface area contributed by atoms with E-state index in [1.165, 1.54) is 0 Å². The Hall–Kier alpha value is -1.64. The maximum Gasteiger partial charge on any atom is 0.293 e. The maximum absolute atomic E-state index is 10.4. The van der Waals surface area contributed by atoms with E-state index in [0.717, 1.165) is 5.56 Å². The minimum absolute atomic E-state index is 0.294. The van der Waals surface area contributed by atoms with Gasteiger partial charge in [-0.1, -0.05) is 30.3 Å². The molecule has 0 saturated heterocycles. The summed E-state index contributed by atoms with van der Waals surface area (Å²) in [6.45, 7) is 0.294. The lowest BCUT2D eigenvalue weighted by molar-refractivity contribution is -0.138. The van der Waals surface area contributed by atoms with Gasteiger partial charge in [0, 0.05) is 6.42 Å². The number of benzene rings is 1. The molecule has 0 saturated carbocycles. The van der Waals surface area contributed by atoms with Crippen LogP contribution in [0.5, 0.6) is 0 Å². The molecule has 3 heteroatoms. The van der Waals surface area contributed by atoms with Crippen molar-refractivity contribution in [1.82, 2.24) is 0 Å². The molecule has 0 aromatic heterocycles. The van der Waals surface area contributed by atoms with Gasteiger partial charge in [-0.3, -0.25) is 9.59 Å². The molecule has 1 aromatic rings. The van der Waals surface area contributed by atoms with Gasteiger partial charge in [0.05, 0.1) is 0 Å². The third kappa shape index (κ3) is 3.07. The van der Waals surface area contributed by atoms with E-state index >= 15 is 0 Å². The third-order valence-corrected chi connectivity index (χ3v) is 1.66. The Bertz CT molecular complexity index is 269. The second kappa shape index (κ2) is 5.09. The fraction of sp³-hybridized carbons (Fsp3) is 0.200. The van der Waals surface area contributed by atoms with Gasteiger partial charge in [0.1, 0.15) is 0 Å². The fourth-order valence-corrected chi connectivity index (χ4v) is 1.05. The first-order chi connectivity index (χ1) is 6.36. The van der Waals surface area contributed by atoms with Crippen LogP contribution in [-0.4, -0.2) is 18.9 Å². The summed E-state index contributed by atoms with van der Waals surface area (Å²) in [5.74, 6) is 0. The molecule has 0 fully saturated rings. The SMILES string of the molecule is O=COC(C=O)Cc1ccccc1. The minimum atomic E-state index is -0.667. The molecule has 1 unspecified atom stereocenters. The van der Waals surface area contributed by atoms with Crippen molar-refractivity contribution in [2.24, 2.45) is 0 Å². The lowest BCUT2D eigenvalue weighted by Crippen LogP contribution is -2.16. The van der Waals surface area contributed by atoms with Crippen LogP contribution in [0, 0.1) is 0 Å². The third-order valence-electron chi connectivity index (χ3n) is 1.66. The lowest BCUT2D eigenvalue weighted by Gasteiger charge is -2.07. The highest BCUT2D eigenvalue weighted by Crippen LogP contribution is 2.03. The van der Waals surface area contributed by atoms with Crippen molar-refractivity contribution in [2.75, 3.05) is 0 Å². The van der Waals surface area contributed by atoms with Crippen LogP contribution < -0.4 is 0 Å². The smallest absolute Gasteiger partial charge is 0.293 e. The van der Waals surface area contributed by atoms with Crippen LogP contribution in [0.25, 0.3) is 0 Å². The summed E-state index contributed by atoms with van der Waals surface area (Å²) in [6.07, 6.45) is 0.393. The monoisotopic (exact) mass is 178 g/mol. The highest BCUT2D eigenvalue weighted by atomic mass is 16.5. The van der Waals surface area contributed by atoms with Gasteiger partial charge in [-0.15, -0.1) is 0 Å². The van der Waals surface area contributed by atoms with Crippen LogP contribution in [0.15, 0.2) is 30.3 Å². The number of hydrogen-bond donors (Lipinski definition) is 0. The summed E-state index contributed by atoms with van der Waals surface area (Å²) in [5, 5.41) is 0. The van der Waals surface area contributed by atoms with Gasteiger partial charge in [-0.25, -0.2) is 0 Å². The first-order valence-electron chi connectivity index (χ1n) is 3.95. The molecule has 0 spiro atoms. The molecular weight excluding hydrogens is 168 g/mol. The molecule has 0 N–H and O–H groups in total. The van der Waals surface area contributed by atoms with Gasteiger partial charge in [0.25, 0.3) is 6.47 Å². The van der Waals surface area contributed by atoms with Crippen molar-refractivity contribution in [2.45, 2.75) is 12.5 Å². The van der Waals surface area contributed by atoms with E-state index in [9.17, 15) is 9.59 Å². The summed E-state index contributed by atoms with van der Waals surface area (Å²) >= 11 is 0. The van der Waals surface area contributed by atoms with E-state index in [1.807, 2.05) is 30.3 Å². The van der Waals surface area contributed by atoms with Crippen molar-refractivity contribution >= 4 is 12.8 Å². The zero-order valence-corrected chi connectivity index (χ0v) is 7.05. The quantitative estimate of drug-likeness (QED) is 0.631. The predicted octanol–water partition coefficient (Wildman–Crippen LogP) is 0.970. The van der Waals surface area contributed by atoms with Crippen molar-refractivity contribution in [3.63, 3.8) is 0 Å². The van der Waals surface area contributed by atoms with E-state index in [1.54, 1.807) is 0 Å². The van der Waals surface area contributed by atoms with Crippen molar-refractivity contribution in [3.8, 4) is 0 Å². The fourth-order valence-electron chi connectivity index (χ4n) is 1.05. The summed E-state index contributed by atoms with van der Waals surface area (Å²) in [5.41, 5.74) is 0.974. The summed E-state index contributed by atoms with van der Waals surface area (Å²) < 4.78 is 4.55. The Labute approximate surface area is 76.3 Å². The second-order valence-corrected chi connectivity index (χ2v) is 2.60. The van der Waals surface area contributed by atoms with Crippen LogP contribution in [0.4, 0.5) is 0 Å². The normalized spacial score (nSPS) is 11.7. The number of ether oxygens (including phenoxy) is 1. The van der Waals surface area contributed by atoms with Gasteiger partial charge < -0.3 is 4.74 Å².